The summed E-state index contributed by atoms with van der Waals surface area (Å²) in [4.78, 5) is 8.98. The molecule has 1 aliphatic rings. The van der Waals surface area contributed by atoms with Crippen LogP contribution in [0.3, 0.4) is 0 Å². The normalized spacial score (nSPS) is 18.3. The maximum absolute atomic E-state index is 4.70. The van der Waals surface area contributed by atoms with Gasteiger partial charge in [-0.05, 0) is 37.3 Å². The summed E-state index contributed by atoms with van der Waals surface area (Å²) in [5.41, 5.74) is 2.48. The second kappa shape index (κ2) is 5.74. The fourth-order valence-corrected chi connectivity index (χ4v) is 3.32. The number of rotatable bonds is 3. The smallest absolute Gasteiger partial charge is 0.161 e. The van der Waals surface area contributed by atoms with Crippen molar-refractivity contribution in [2.45, 2.75) is 33.6 Å². The number of aryl methyl sites for hydroxylation is 1. The van der Waals surface area contributed by atoms with Crippen molar-refractivity contribution in [2.24, 2.45) is 10.4 Å². The molecule has 1 aromatic rings. The van der Waals surface area contributed by atoms with E-state index in [0.29, 0.717) is 5.41 Å². The van der Waals surface area contributed by atoms with Crippen molar-refractivity contribution in [2.75, 3.05) is 17.6 Å². The van der Waals surface area contributed by atoms with Gasteiger partial charge in [-0.25, -0.2) is 0 Å². The summed E-state index contributed by atoms with van der Waals surface area (Å²) >= 11 is 1.83. The fourth-order valence-electron chi connectivity index (χ4n) is 2.04. The molecule has 0 unspecified atom stereocenters. The van der Waals surface area contributed by atoms with E-state index in [9.17, 15) is 0 Å². The molecule has 0 amide bonds. The standard InChI is InChI=1S/C14H21N3S/c1-4-14(5-2)9-16-13(18-10-14)17-12-7-6-8-15-11(12)3/h6-8H,4-5,9-10H2,1-3H3,(H,16,17). The summed E-state index contributed by atoms with van der Waals surface area (Å²) in [5.74, 6) is 1.16. The van der Waals surface area contributed by atoms with Crippen LogP contribution in [-0.2, 0) is 0 Å². The van der Waals surface area contributed by atoms with Crippen LogP contribution in [0.5, 0.6) is 0 Å². The lowest BCUT2D eigenvalue weighted by molar-refractivity contribution is 0.318. The highest BCUT2D eigenvalue weighted by molar-refractivity contribution is 8.14. The largest absolute Gasteiger partial charge is 0.334 e. The van der Waals surface area contributed by atoms with Crippen molar-refractivity contribution in [3.05, 3.63) is 24.0 Å². The number of aliphatic imine (C=N–C) groups is 1. The van der Waals surface area contributed by atoms with Gasteiger partial charge in [0, 0.05) is 18.5 Å². The van der Waals surface area contributed by atoms with Gasteiger partial charge in [-0.1, -0.05) is 25.6 Å². The number of thioether (sulfide) groups is 1. The first-order valence-corrected chi connectivity index (χ1v) is 7.53. The average Bonchev–Trinajstić information content (AvgIpc) is 2.43. The lowest BCUT2D eigenvalue weighted by Crippen LogP contribution is -2.32. The van der Waals surface area contributed by atoms with Crippen LogP contribution in [0.2, 0.25) is 0 Å². The molecule has 0 spiro atoms. The highest BCUT2D eigenvalue weighted by atomic mass is 32.2. The molecule has 4 heteroatoms. The number of hydrogen-bond donors (Lipinski definition) is 1. The molecule has 0 radical (unpaired) electrons. The lowest BCUT2D eigenvalue weighted by Gasteiger charge is -2.33. The van der Waals surface area contributed by atoms with Crippen LogP contribution in [0.15, 0.2) is 23.3 Å². The molecule has 0 saturated heterocycles. The molecule has 98 valence electrons. The molecule has 0 bridgehead atoms. The number of hydrogen-bond acceptors (Lipinski definition) is 4. The summed E-state index contributed by atoms with van der Waals surface area (Å²) in [6.45, 7) is 7.49. The van der Waals surface area contributed by atoms with Gasteiger partial charge >= 0.3 is 0 Å². The molecule has 2 heterocycles. The van der Waals surface area contributed by atoms with Crippen LogP contribution in [0.1, 0.15) is 32.4 Å². The Hall–Kier alpha value is -1.03. The molecule has 18 heavy (non-hydrogen) atoms. The number of anilines is 1. The zero-order valence-corrected chi connectivity index (χ0v) is 12.2. The van der Waals surface area contributed by atoms with Crippen LogP contribution in [-0.4, -0.2) is 22.4 Å². The lowest BCUT2D eigenvalue weighted by atomic mass is 9.84. The van der Waals surface area contributed by atoms with Gasteiger partial charge in [0.2, 0.25) is 0 Å². The molecule has 1 aromatic heterocycles. The first-order chi connectivity index (χ1) is 8.69. The van der Waals surface area contributed by atoms with E-state index in [0.717, 1.165) is 28.8 Å². The van der Waals surface area contributed by atoms with E-state index < -0.39 is 0 Å². The maximum Gasteiger partial charge on any atom is 0.161 e. The summed E-state index contributed by atoms with van der Waals surface area (Å²) < 4.78 is 0. The summed E-state index contributed by atoms with van der Waals surface area (Å²) in [7, 11) is 0. The number of nitrogens with one attached hydrogen (secondary N) is 1. The van der Waals surface area contributed by atoms with E-state index in [-0.39, 0.29) is 0 Å². The highest BCUT2D eigenvalue weighted by Crippen LogP contribution is 2.35. The quantitative estimate of drug-likeness (QED) is 0.903. The summed E-state index contributed by atoms with van der Waals surface area (Å²) in [5, 5.41) is 4.42. The van der Waals surface area contributed by atoms with E-state index >= 15 is 0 Å². The molecule has 1 N–H and O–H groups in total. The van der Waals surface area contributed by atoms with E-state index in [4.69, 9.17) is 4.99 Å². The van der Waals surface area contributed by atoms with E-state index in [1.54, 1.807) is 0 Å². The minimum Gasteiger partial charge on any atom is -0.334 e. The monoisotopic (exact) mass is 263 g/mol. The molecule has 3 nitrogen and oxygen atoms in total. The van der Waals surface area contributed by atoms with E-state index in [1.807, 2.05) is 37.0 Å². The SMILES string of the molecule is CCC1(CC)CN=C(Nc2cccnc2C)SC1. The number of pyridine rings is 1. The third-order valence-corrected chi connectivity index (χ3v) is 5.08. The third-order valence-electron chi connectivity index (χ3n) is 3.82. The van der Waals surface area contributed by atoms with Gasteiger partial charge in [-0.2, -0.15) is 0 Å². The van der Waals surface area contributed by atoms with Crippen LogP contribution >= 0.6 is 11.8 Å². The van der Waals surface area contributed by atoms with Crippen LogP contribution in [0, 0.1) is 12.3 Å². The van der Waals surface area contributed by atoms with Gasteiger partial charge in [0.15, 0.2) is 5.17 Å². The Kier molecular flexibility index (Phi) is 4.27. The molecular weight excluding hydrogens is 242 g/mol. The number of amidine groups is 1. The molecule has 1 aliphatic heterocycles. The fraction of sp³-hybridized carbons (Fsp3) is 0.571. The minimum absolute atomic E-state index is 0.403. The number of nitrogens with zero attached hydrogens (tertiary/aromatic N) is 2. The second-order valence-corrected chi connectivity index (χ2v) is 5.84. The van der Waals surface area contributed by atoms with Crippen molar-refractivity contribution in [3.63, 3.8) is 0 Å². The van der Waals surface area contributed by atoms with Gasteiger partial charge < -0.3 is 5.32 Å². The Morgan fingerprint density at radius 3 is 2.72 bits per heavy atom. The topological polar surface area (TPSA) is 37.3 Å². The molecule has 2 rings (SSSR count). The average molecular weight is 263 g/mol. The predicted octanol–water partition coefficient (Wildman–Crippen LogP) is 3.71. The van der Waals surface area contributed by atoms with Crippen molar-refractivity contribution < 1.29 is 0 Å². The molecule has 0 aromatic carbocycles. The molecule has 0 atom stereocenters. The summed E-state index contributed by atoms with van der Waals surface area (Å²) in [6, 6.07) is 4.00. The summed E-state index contributed by atoms with van der Waals surface area (Å²) in [6.07, 6.45) is 4.23. The van der Waals surface area contributed by atoms with Crippen LogP contribution in [0.4, 0.5) is 5.69 Å². The Morgan fingerprint density at radius 2 is 2.17 bits per heavy atom. The van der Waals surface area contributed by atoms with Crippen LogP contribution in [0.25, 0.3) is 0 Å². The van der Waals surface area contributed by atoms with Crippen molar-refractivity contribution in [3.8, 4) is 0 Å². The van der Waals surface area contributed by atoms with Crippen molar-refractivity contribution in [1.82, 2.24) is 4.98 Å². The highest BCUT2D eigenvalue weighted by Gasteiger charge is 2.30. The van der Waals surface area contributed by atoms with Gasteiger partial charge in [0.25, 0.3) is 0 Å². The maximum atomic E-state index is 4.70. The Balaban J connectivity index is 2.05. The number of aromatic nitrogens is 1. The first-order valence-electron chi connectivity index (χ1n) is 6.55. The predicted molar refractivity (Wildman–Crippen MR) is 80.4 cm³/mol. The first kappa shape index (κ1) is 13.4. The van der Waals surface area contributed by atoms with Crippen molar-refractivity contribution >= 4 is 22.6 Å². The Bertz CT molecular complexity index is 438. The van der Waals surface area contributed by atoms with Gasteiger partial charge in [0.05, 0.1) is 11.4 Å². The zero-order chi connectivity index (χ0) is 13.0. The second-order valence-electron chi connectivity index (χ2n) is 4.88. The zero-order valence-electron chi connectivity index (χ0n) is 11.4. The Labute approximate surface area is 113 Å². The molecular formula is C14H21N3S. The van der Waals surface area contributed by atoms with E-state index in [2.05, 4.69) is 24.1 Å². The molecule has 0 aliphatic carbocycles. The Morgan fingerprint density at radius 1 is 1.39 bits per heavy atom. The van der Waals surface area contributed by atoms with Crippen LogP contribution < -0.4 is 5.32 Å². The van der Waals surface area contributed by atoms with Gasteiger partial charge in [-0.3, -0.25) is 9.98 Å². The molecule has 0 saturated carbocycles. The third kappa shape index (κ3) is 2.86. The van der Waals surface area contributed by atoms with Gasteiger partial charge in [-0.15, -0.1) is 0 Å². The van der Waals surface area contributed by atoms with Gasteiger partial charge in [0.1, 0.15) is 0 Å². The minimum atomic E-state index is 0.403. The van der Waals surface area contributed by atoms with Crippen molar-refractivity contribution in [1.29, 1.82) is 0 Å². The molecule has 0 fully saturated rings. The van der Waals surface area contributed by atoms with E-state index in [1.165, 1.54) is 12.8 Å².